The first kappa shape index (κ1) is 18.2. The fraction of sp³-hybridized carbons (Fsp3) is 0.192. The largest absolute Gasteiger partial charge is 0.279 e. The number of anilines is 1. The zero-order valence-electron chi connectivity index (χ0n) is 16.7. The van der Waals surface area contributed by atoms with Gasteiger partial charge in [-0.15, -0.1) is 0 Å². The number of fused-ring (bicyclic) bond motifs is 1. The summed E-state index contributed by atoms with van der Waals surface area (Å²) >= 11 is 0. The van der Waals surface area contributed by atoms with Crippen molar-refractivity contribution in [3.8, 4) is 0 Å². The predicted molar refractivity (Wildman–Crippen MR) is 122 cm³/mol. The summed E-state index contributed by atoms with van der Waals surface area (Å²) in [5, 5.41) is 7.00. The van der Waals surface area contributed by atoms with Gasteiger partial charge in [0.15, 0.2) is 0 Å². The van der Waals surface area contributed by atoms with Crippen LogP contribution in [0.15, 0.2) is 89.6 Å². The van der Waals surface area contributed by atoms with Crippen LogP contribution in [0.3, 0.4) is 0 Å². The molecule has 3 aromatic rings. The van der Waals surface area contributed by atoms with Crippen LogP contribution in [0.1, 0.15) is 38.3 Å². The number of nitrogens with one attached hydrogen (secondary N) is 1. The molecule has 0 aliphatic heterocycles. The molecule has 0 amide bonds. The van der Waals surface area contributed by atoms with Crippen LogP contribution in [-0.2, 0) is 0 Å². The lowest BCUT2D eigenvalue weighted by Gasteiger charge is -2.18. The van der Waals surface area contributed by atoms with Crippen LogP contribution in [0.2, 0.25) is 0 Å². The van der Waals surface area contributed by atoms with Gasteiger partial charge in [-0.05, 0) is 51.5 Å². The number of allylic oxidation sites excluding steroid dienone is 4. The third kappa shape index (κ3) is 3.77. The molecule has 1 aliphatic carbocycles. The number of hydrazone groups is 1. The number of hydrogen-bond donors (Lipinski definition) is 1. The molecular weight excluding hydrogens is 340 g/mol. The van der Waals surface area contributed by atoms with Gasteiger partial charge in [0.25, 0.3) is 0 Å². The predicted octanol–water partition coefficient (Wildman–Crippen LogP) is 7.05. The van der Waals surface area contributed by atoms with E-state index < -0.39 is 0 Å². The maximum Gasteiger partial charge on any atom is 0.0561 e. The van der Waals surface area contributed by atoms with Gasteiger partial charge in [0.1, 0.15) is 0 Å². The summed E-state index contributed by atoms with van der Waals surface area (Å²) in [7, 11) is 0. The van der Waals surface area contributed by atoms with Gasteiger partial charge in [0, 0.05) is 5.56 Å². The molecular formula is C26H26N2. The molecule has 2 nitrogen and oxygen atoms in total. The first-order valence-electron chi connectivity index (χ1n) is 9.80. The minimum atomic E-state index is 0.168. The maximum absolute atomic E-state index is 4.54. The van der Waals surface area contributed by atoms with Crippen molar-refractivity contribution in [1.29, 1.82) is 0 Å². The summed E-state index contributed by atoms with van der Waals surface area (Å²) in [4.78, 5) is 0. The summed E-state index contributed by atoms with van der Waals surface area (Å²) in [5.74, 6) is 0. The van der Waals surface area contributed by atoms with Gasteiger partial charge in [0.2, 0.25) is 0 Å². The molecule has 0 spiro atoms. The Balaban J connectivity index is 1.74. The van der Waals surface area contributed by atoms with E-state index in [1.807, 2.05) is 36.5 Å². The number of hydrogen-bond acceptors (Lipinski definition) is 2. The second kappa shape index (κ2) is 7.47. The van der Waals surface area contributed by atoms with Crippen LogP contribution in [0.25, 0.3) is 16.3 Å². The third-order valence-corrected chi connectivity index (χ3v) is 5.22. The van der Waals surface area contributed by atoms with Crippen LogP contribution < -0.4 is 5.43 Å². The third-order valence-electron chi connectivity index (χ3n) is 5.22. The minimum Gasteiger partial charge on any atom is -0.279 e. The fourth-order valence-corrected chi connectivity index (χ4v) is 3.63. The molecule has 0 radical (unpaired) electrons. The molecule has 0 saturated carbocycles. The number of rotatable bonds is 4. The van der Waals surface area contributed by atoms with Crippen molar-refractivity contribution in [3.05, 3.63) is 95.6 Å². The van der Waals surface area contributed by atoms with Crippen molar-refractivity contribution in [2.75, 3.05) is 5.43 Å². The Morgan fingerprint density at radius 1 is 0.893 bits per heavy atom. The van der Waals surface area contributed by atoms with Gasteiger partial charge in [-0.3, -0.25) is 5.43 Å². The summed E-state index contributed by atoms with van der Waals surface area (Å²) in [6.07, 6.45) is 7.64. The van der Waals surface area contributed by atoms with Crippen LogP contribution in [0.5, 0.6) is 0 Å². The average molecular weight is 367 g/mol. The Bertz CT molecular complexity index is 1080. The molecule has 0 bridgehead atoms. The summed E-state index contributed by atoms with van der Waals surface area (Å²) in [5.41, 5.74) is 9.48. The van der Waals surface area contributed by atoms with E-state index in [1.54, 1.807) is 0 Å². The van der Waals surface area contributed by atoms with Gasteiger partial charge in [-0.25, -0.2) is 0 Å². The topological polar surface area (TPSA) is 24.4 Å². The molecule has 0 atom stereocenters. The molecule has 1 aliphatic rings. The van der Waals surface area contributed by atoms with E-state index in [4.69, 9.17) is 0 Å². The van der Waals surface area contributed by atoms with Gasteiger partial charge < -0.3 is 0 Å². The first-order chi connectivity index (χ1) is 13.5. The lowest BCUT2D eigenvalue weighted by Crippen LogP contribution is -2.05. The van der Waals surface area contributed by atoms with E-state index in [1.165, 1.54) is 27.5 Å². The molecule has 0 fully saturated rings. The van der Waals surface area contributed by atoms with E-state index in [2.05, 4.69) is 79.8 Å². The van der Waals surface area contributed by atoms with E-state index in [-0.39, 0.29) is 5.41 Å². The van der Waals surface area contributed by atoms with Gasteiger partial charge >= 0.3 is 0 Å². The molecule has 0 heterocycles. The maximum atomic E-state index is 4.54. The van der Waals surface area contributed by atoms with Crippen molar-refractivity contribution in [3.63, 3.8) is 0 Å². The Hall–Kier alpha value is -3.13. The summed E-state index contributed by atoms with van der Waals surface area (Å²) in [6.45, 7) is 6.81. The molecule has 0 saturated heterocycles. The molecule has 4 rings (SSSR count). The van der Waals surface area contributed by atoms with Crippen LogP contribution >= 0.6 is 0 Å². The number of para-hydroxylation sites is 1. The lowest BCUT2D eigenvalue weighted by atomic mass is 9.87. The van der Waals surface area contributed by atoms with E-state index in [0.717, 1.165) is 17.7 Å². The number of nitrogens with zero attached hydrogens (tertiary/aromatic N) is 1. The van der Waals surface area contributed by atoms with E-state index in [9.17, 15) is 0 Å². The van der Waals surface area contributed by atoms with Crippen molar-refractivity contribution < 1.29 is 0 Å². The SMILES string of the molecule is CC(C)(C)C1=CCC(c2ccc3ccccc3c2/C=N/Nc2ccccc2)=C1. The first-order valence-corrected chi connectivity index (χ1v) is 9.80. The smallest absolute Gasteiger partial charge is 0.0561 e. The van der Waals surface area contributed by atoms with Crippen molar-refractivity contribution >= 4 is 28.2 Å². The second-order valence-corrected chi connectivity index (χ2v) is 8.27. The molecule has 140 valence electrons. The fourth-order valence-electron chi connectivity index (χ4n) is 3.63. The molecule has 2 heteroatoms. The molecule has 3 aromatic carbocycles. The Morgan fingerprint density at radius 2 is 1.64 bits per heavy atom. The Morgan fingerprint density at radius 3 is 2.39 bits per heavy atom. The van der Waals surface area contributed by atoms with Crippen molar-refractivity contribution in [1.82, 2.24) is 0 Å². The van der Waals surface area contributed by atoms with Crippen LogP contribution in [0.4, 0.5) is 5.69 Å². The Labute approximate surface area is 167 Å². The zero-order valence-corrected chi connectivity index (χ0v) is 16.7. The highest BCUT2D eigenvalue weighted by Crippen LogP contribution is 2.38. The standard InChI is InChI=1S/C26H26N2/c1-26(2,3)21-15-13-20(17-21)24-16-14-19-9-7-8-12-23(19)25(24)18-27-28-22-10-5-4-6-11-22/h4-12,14-18,28H,13H2,1-3H3/b27-18+. The summed E-state index contributed by atoms with van der Waals surface area (Å²) < 4.78 is 0. The Kier molecular flexibility index (Phi) is 4.87. The molecule has 0 aromatic heterocycles. The van der Waals surface area contributed by atoms with Crippen molar-refractivity contribution in [2.24, 2.45) is 10.5 Å². The molecule has 28 heavy (non-hydrogen) atoms. The normalized spacial score (nSPS) is 14.4. The monoisotopic (exact) mass is 366 g/mol. The lowest BCUT2D eigenvalue weighted by molar-refractivity contribution is 0.518. The van der Waals surface area contributed by atoms with Gasteiger partial charge in [-0.2, -0.15) is 5.10 Å². The van der Waals surface area contributed by atoms with E-state index in [0.29, 0.717) is 0 Å². The second-order valence-electron chi connectivity index (χ2n) is 8.27. The highest BCUT2D eigenvalue weighted by Gasteiger charge is 2.21. The summed E-state index contributed by atoms with van der Waals surface area (Å²) in [6, 6.07) is 23.0. The zero-order chi connectivity index (χ0) is 19.6. The quantitative estimate of drug-likeness (QED) is 0.388. The molecule has 0 unspecified atom stereocenters. The van der Waals surface area contributed by atoms with Gasteiger partial charge in [-0.1, -0.05) is 87.5 Å². The average Bonchev–Trinajstić information content (AvgIpc) is 3.19. The van der Waals surface area contributed by atoms with Crippen LogP contribution in [0, 0.1) is 5.41 Å². The van der Waals surface area contributed by atoms with Gasteiger partial charge in [0.05, 0.1) is 11.9 Å². The number of benzene rings is 3. The highest BCUT2D eigenvalue weighted by molar-refractivity contribution is 6.05. The van der Waals surface area contributed by atoms with Crippen molar-refractivity contribution in [2.45, 2.75) is 27.2 Å². The van der Waals surface area contributed by atoms with Crippen LogP contribution in [-0.4, -0.2) is 6.21 Å². The minimum absolute atomic E-state index is 0.168. The highest BCUT2D eigenvalue weighted by atomic mass is 15.3. The molecule has 1 N–H and O–H groups in total. The van der Waals surface area contributed by atoms with E-state index >= 15 is 0 Å².